The molecule has 0 aromatic heterocycles. The molecule has 1 rings (SSSR count). The van der Waals surface area contributed by atoms with Gasteiger partial charge >= 0.3 is 0 Å². The Morgan fingerprint density at radius 1 is 1.30 bits per heavy atom. The van der Waals surface area contributed by atoms with Gasteiger partial charge in [-0.3, -0.25) is 0 Å². The number of sulfonamides is 1. The van der Waals surface area contributed by atoms with Crippen molar-refractivity contribution in [2.24, 2.45) is 5.92 Å². The third-order valence-electron chi connectivity index (χ3n) is 3.58. The summed E-state index contributed by atoms with van der Waals surface area (Å²) in [5.74, 6) is 0.572. The molecule has 20 heavy (non-hydrogen) atoms. The third-order valence-corrected chi connectivity index (χ3v) is 4.31. The number of ether oxygens (including phenoxy) is 1. The van der Waals surface area contributed by atoms with Gasteiger partial charge in [0.05, 0.1) is 25.1 Å². The zero-order chi connectivity index (χ0) is 15.0. The highest BCUT2D eigenvalue weighted by molar-refractivity contribution is 7.88. The average Bonchev–Trinajstić information content (AvgIpc) is 2.36. The van der Waals surface area contributed by atoms with E-state index in [9.17, 15) is 13.5 Å². The van der Waals surface area contributed by atoms with Crippen molar-refractivity contribution in [3.05, 3.63) is 0 Å². The maximum absolute atomic E-state index is 10.8. The monoisotopic (exact) mass is 308 g/mol. The Bertz CT molecular complexity index is 361. The van der Waals surface area contributed by atoms with Crippen molar-refractivity contribution in [3.8, 4) is 0 Å². The van der Waals surface area contributed by atoms with E-state index in [1.165, 1.54) is 19.3 Å². The molecule has 0 aliphatic heterocycles. The Balaban J connectivity index is 2.04. The lowest BCUT2D eigenvalue weighted by Gasteiger charge is -2.29. The van der Waals surface area contributed by atoms with Gasteiger partial charge in [-0.05, 0) is 18.8 Å². The Morgan fingerprint density at radius 2 is 2.00 bits per heavy atom. The van der Waals surface area contributed by atoms with Crippen LogP contribution in [0.1, 0.15) is 32.6 Å². The fourth-order valence-electron chi connectivity index (χ4n) is 2.42. The van der Waals surface area contributed by atoms with Gasteiger partial charge in [-0.25, -0.2) is 13.1 Å². The predicted octanol–water partition coefficient (Wildman–Crippen LogP) is 0.0814. The molecule has 3 atom stereocenters. The van der Waals surface area contributed by atoms with E-state index >= 15 is 0 Å². The topological polar surface area (TPSA) is 87.7 Å². The predicted molar refractivity (Wildman–Crippen MR) is 79.1 cm³/mol. The van der Waals surface area contributed by atoms with Crippen molar-refractivity contribution in [2.75, 3.05) is 32.5 Å². The van der Waals surface area contributed by atoms with Crippen molar-refractivity contribution in [3.63, 3.8) is 0 Å². The minimum atomic E-state index is -3.13. The van der Waals surface area contributed by atoms with Crippen LogP contribution in [0.5, 0.6) is 0 Å². The second-order valence-corrected chi connectivity index (χ2v) is 7.49. The van der Waals surface area contributed by atoms with E-state index in [0.29, 0.717) is 32.2 Å². The highest BCUT2D eigenvalue weighted by Gasteiger charge is 2.22. The summed E-state index contributed by atoms with van der Waals surface area (Å²) in [5.41, 5.74) is 0. The first-order valence-electron chi connectivity index (χ1n) is 7.33. The maximum atomic E-state index is 10.8. The van der Waals surface area contributed by atoms with E-state index in [1.54, 1.807) is 0 Å². The summed E-state index contributed by atoms with van der Waals surface area (Å²) >= 11 is 0. The molecular weight excluding hydrogens is 280 g/mol. The molecule has 0 amide bonds. The summed E-state index contributed by atoms with van der Waals surface area (Å²) in [6.45, 7) is 3.76. The SMILES string of the molecule is CC1CCCCC1OCC(O)CNCCNS(C)(=O)=O. The van der Waals surface area contributed by atoms with Gasteiger partial charge in [0, 0.05) is 19.6 Å². The molecule has 1 fully saturated rings. The van der Waals surface area contributed by atoms with E-state index in [2.05, 4.69) is 17.0 Å². The van der Waals surface area contributed by atoms with Crippen LogP contribution in [0.15, 0.2) is 0 Å². The van der Waals surface area contributed by atoms with Gasteiger partial charge in [-0.1, -0.05) is 19.8 Å². The first kappa shape index (κ1) is 17.8. The highest BCUT2D eigenvalue weighted by atomic mass is 32.2. The lowest BCUT2D eigenvalue weighted by Crippen LogP contribution is -2.37. The molecule has 3 N–H and O–H groups in total. The van der Waals surface area contributed by atoms with E-state index < -0.39 is 16.1 Å². The number of rotatable bonds is 9. The molecule has 0 aromatic rings. The summed E-state index contributed by atoms with van der Waals surface area (Å²) in [6.07, 6.45) is 5.61. The summed E-state index contributed by atoms with van der Waals surface area (Å²) < 4.78 is 29.8. The lowest BCUT2D eigenvalue weighted by atomic mass is 9.88. The zero-order valence-corrected chi connectivity index (χ0v) is 13.3. The molecule has 0 radical (unpaired) electrons. The van der Waals surface area contributed by atoms with E-state index in [0.717, 1.165) is 12.7 Å². The molecule has 0 saturated heterocycles. The molecule has 1 aliphatic rings. The second kappa shape index (κ2) is 8.94. The molecule has 1 saturated carbocycles. The summed E-state index contributed by atoms with van der Waals surface area (Å²) in [4.78, 5) is 0. The van der Waals surface area contributed by atoms with E-state index in [1.807, 2.05) is 0 Å². The van der Waals surface area contributed by atoms with Crippen molar-refractivity contribution in [2.45, 2.75) is 44.8 Å². The normalized spacial score (nSPS) is 25.6. The van der Waals surface area contributed by atoms with Gasteiger partial charge in [-0.15, -0.1) is 0 Å². The largest absolute Gasteiger partial charge is 0.389 e. The van der Waals surface area contributed by atoms with E-state index in [4.69, 9.17) is 4.74 Å². The van der Waals surface area contributed by atoms with Crippen molar-refractivity contribution >= 4 is 10.0 Å². The van der Waals surface area contributed by atoms with Crippen LogP contribution in [0.25, 0.3) is 0 Å². The Morgan fingerprint density at radius 3 is 2.65 bits per heavy atom. The molecule has 7 heteroatoms. The van der Waals surface area contributed by atoms with Crippen LogP contribution in [-0.2, 0) is 14.8 Å². The van der Waals surface area contributed by atoms with Gasteiger partial charge in [0.25, 0.3) is 0 Å². The van der Waals surface area contributed by atoms with Crippen LogP contribution in [-0.4, -0.2) is 58.2 Å². The van der Waals surface area contributed by atoms with Crippen molar-refractivity contribution in [1.29, 1.82) is 0 Å². The molecule has 1 aliphatic carbocycles. The van der Waals surface area contributed by atoms with Gasteiger partial charge in [-0.2, -0.15) is 0 Å². The minimum absolute atomic E-state index is 0.269. The quantitative estimate of drug-likeness (QED) is 0.525. The average molecular weight is 308 g/mol. The molecule has 0 heterocycles. The van der Waals surface area contributed by atoms with Crippen LogP contribution in [0, 0.1) is 5.92 Å². The molecule has 0 spiro atoms. The fourth-order valence-corrected chi connectivity index (χ4v) is 2.89. The van der Waals surface area contributed by atoms with Gasteiger partial charge in [0.2, 0.25) is 10.0 Å². The smallest absolute Gasteiger partial charge is 0.208 e. The number of aliphatic hydroxyl groups excluding tert-OH is 1. The Labute approximate surface area is 122 Å². The van der Waals surface area contributed by atoms with Gasteiger partial charge < -0.3 is 15.2 Å². The molecule has 6 nitrogen and oxygen atoms in total. The van der Waals surface area contributed by atoms with Crippen LogP contribution < -0.4 is 10.0 Å². The molecule has 0 bridgehead atoms. The maximum Gasteiger partial charge on any atom is 0.208 e. The highest BCUT2D eigenvalue weighted by Crippen LogP contribution is 2.26. The number of hydrogen-bond donors (Lipinski definition) is 3. The first-order valence-corrected chi connectivity index (χ1v) is 9.22. The minimum Gasteiger partial charge on any atom is -0.389 e. The van der Waals surface area contributed by atoms with Gasteiger partial charge in [0.1, 0.15) is 0 Å². The molecule has 0 aromatic carbocycles. The third kappa shape index (κ3) is 8.16. The standard InChI is InChI=1S/C13H28N2O4S/c1-11-5-3-4-6-13(11)19-10-12(16)9-14-7-8-15-20(2,17)18/h11-16H,3-10H2,1-2H3. The number of aliphatic hydroxyl groups is 1. The molecular formula is C13H28N2O4S. The van der Waals surface area contributed by atoms with Crippen LogP contribution in [0.4, 0.5) is 0 Å². The zero-order valence-electron chi connectivity index (χ0n) is 12.5. The molecule has 120 valence electrons. The van der Waals surface area contributed by atoms with Crippen LogP contribution in [0.2, 0.25) is 0 Å². The Kier molecular flexibility index (Phi) is 7.98. The number of hydrogen-bond acceptors (Lipinski definition) is 5. The summed E-state index contributed by atoms with van der Waals surface area (Å²) in [5, 5.41) is 12.8. The lowest BCUT2D eigenvalue weighted by molar-refractivity contribution is -0.0450. The van der Waals surface area contributed by atoms with Gasteiger partial charge in [0.15, 0.2) is 0 Å². The Hall–Kier alpha value is -0.210. The second-order valence-electron chi connectivity index (χ2n) is 5.66. The molecule has 3 unspecified atom stereocenters. The van der Waals surface area contributed by atoms with Crippen LogP contribution >= 0.6 is 0 Å². The van der Waals surface area contributed by atoms with Crippen molar-refractivity contribution < 1.29 is 18.3 Å². The summed E-state index contributed by atoms with van der Waals surface area (Å²) in [6, 6.07) is 0. The van der Waals surface area contributed by atoms with Crippen LogP contribution in [0.3, 0.4) is 0 Å². The summed E-state index contributed by atoms with van der Waals surface area (Å²) in [7, 11) is -3.13. The van der Waals surface area contributed by atoms with E-state index in [-0.39, 0.29) is 6.10 Å². The first-order chi connectivity index (χ1) is 9.38. The fraction of sp³-hybridized carbons (Fsp3) is 1.00. The number of nitrogens with one attached hydrogen (secondary N) is 2. The van der Waals surface area contributed by atoms with Crippen molar-refractivity contribution in [1.82, 2.24) is 10.0 Å².